The number of hydrogen-bond donors (Lipinski definition) is 1. The van der Waals surface area contributed by atoms with Crippen LogP contribution in [-0.2, 0) is 11.2 Å². The SMILES string of the molecule is CCc1cc2c(N3CC(C)OC(C)(C)C3)nc(N)nc2s1. The number of aromatic nitrogens is 2. The predicted octanol–water partition coefficient (Wildman–Crippen LogP) is 2.84. The molecule has 2 N–H and O–H groups in total. The summed E-state index contributed by atoms with van der Waals surface area (Å²) in [5, 5.41) is 1.11. The molecular weight excluding hydrogens is 284 g/mol. The maximum Gasteiger partial charge on any atom is 0.223 e. The van der Waals surface area contributed by atoms with Crippen molar-refractivity contribution in [3.63, 3.8) is 0 Å². The van der Waals surface area contributed by atoms with Gasteiger partial charge in [0, 0.05) is 18.0 Å². The maximum absolute atomic E-state index is 5.98. The van der Waals surface area contributed by atoms with Gasteiger partial charge in [-0.05, 0) is 33.3 Å². The summed E-state index contributed by atoms with van der Waals surface area (Å²) in [4.78, 5) is 13.5. The van der Waals surface area contributed by atoms with Gasteiger partial charge in [-0.15, -0.1) is 11.3 Å². The molecule has 6 heteroatoms. The van der Waals surface area contributed by atoms with Crippen molar-refractivity contribution in [3.05, 3.63) is 10.9 Å². The van der Waals surface area contributed by atoms with Gasteiger partial charge in [0.05, 0.1) is 17.1 Å². The van der Waals surface area contributed by atoms with Gasteiger partial charge in [-0.2, -0.15) is 4.98 Å². The molecule has 1 aliphatic heterocycles. The number of thiophene rings is 1. The topological polar surface area (TPSA) is 64.3 Å². The number of morpholine rings is 1. The fraction of sp³-hybridized carbons (Fsp3) is 0.600. The second kappa shape index (κ2) is 5.10. The van der Waals surface area contributed by atoms with Gasteiger partial charge < -0.3 is 15.4 Å². The molecule has 1 fully saturated rings. The average Bonchev–Trinajstić information content (AvgIpc) is 2.78. The molecule has 21 heavy (non-hydrogen) atoms. The molecule has 0 spiro atoms. The molecule has 3 rings (SSSR count). The lowest BCUT2D eigenvalue weighted by Gasteiger charge is -2.42. The first-order valence-corrected chi connectivity index (χ1v) is 8.18. The molecule has 2 aromatic rings. The second-order valence-electron chi connectivity index (χ2n) is 6.26. The summed E-state index contributed by atoms with van der Waals surface area (Å²) in [7, 11) is 0. The maximum atomic E-state index is 5.98. The van der Waals surface area contributed by atoms with E-state index in [1.54, 1.807) is 11.3 Å². The Bertz CT molecular complexity index is 667. The Hall–Kier alpha value is -1.40. The third kappa shape index (κ3) is 2.82. The first-order valence-electron chi connectivity index (χ1n) is 7.36. The van der Waals surface area contributed by atoms with Gasteiger partial charge in [-0.1, -0.05) is 6.92 Å². The van der Waals surface area contributed by atoms with Crippen molar-refractivity contribution in [1.29, 1.82) is 0 Å². The highest BCUT2D eigenvalue weighted by Crippen LogP contribution is 2.34. The van der Waals surface area contributed by atoms with Crippen molar-refractivity contribution in [2.24, 2.45) is 0 Å². The van der Waals surface area contributed by atoms with E-state index in [0.29, 0.717) is 5.95 Å². The minimum atomic E-state index is -0.187. The number of nitrogens with two attached hydrogens (primary N) is 1. The number of nitrogen functional groups attached to an aromatic ring is 1. The molecule has 114 valence electrons. The summed E-state index contributed by atoms with van der Waals surface area (Å²) >= 11 is 1.70. The van der Waals surface area contributed by atoms with Gasteiger partial charge in [-0.25, -0.2) is 4.98 Å². The molecule has 1 saturated heterocycles. The zero-order valence-corrected chi connectivity index (χ0v) is 13.8. The molecule has 0 bridgehead atoms. The first-order chi connectivity index (χ1) is 9.88. The van der Waals surface area contributed by atoms with Gasteiger partial charge in [-0.3, -0.25) is 0 Å². The van der Waals surface area contributed by atoms with Gasteiger partial charge in [0.1, 0.15) is 10.6 Å². The minimum Gasteiger partial charge on any atom is -0.369 e. The van der Waals surface area contributed by atoms with E-state index in [4.69, 9.17) is 10.5 Å². The van der Waals surface area contributed by atoms with Crippen LogP contribution in [0.4, 0.5) is 11.8 Å². The van der Waals surface area contributed by atoms with Crippen LogP contribution in [0.25, 0.3) is 10.2 Å². The van der Waals surface area contributed by atoms with E-state index in [-0.39, 0.29) is 11.7 Å². The monoisotopic (exact) mass is 306 g/mol. The fourth-order valence-electron chi connectivity index (χ4n) is 3.00. The lowest BCUT2D eigenvalue weighted by atomic mass is 10.1. The molecule has 0 saturated carbocycles. The summed E-state index contributed by atoms with van der Waals surface area (Å²) in [6, 6.07) is 2.20. The Kier molecular flexibility index (Phi) is 3.53. The zero-order chi connectivity index (χ0) is 15.2. The van der Waals surface area contributed by atoms with Crippen molar-refractivity contribution in [1.82, 2.24) is 9.97 Å². The van der Waals surface area contributed by atoms with Crippen LogP contribution in [-0.4, -0.2) is 34.8 Å². The molecule has 3 heterocycles. The van der Waals surface area contributed by atoms with Crippen molar-refractivity contribution >= 4 is 33.3 Å². The number of hydrogen-bond acceptors (Lipinski definition) is 6. The van der Waals surface area contributed by atoms with Gasteiger partial charge in [0.2, 0.25) is 5.95 Å². The van der Waals surface area contributed by atoms with Crippen molar-refractivity contribution in [2.45, 2.75) is 45.8 Å². The summed E-state index contributed by atoms with van der Waals surface area (Å²) in [6.45, 7) is 10.1. The Morgan fingerprint density at radius 1 is 1.48 bits per heavy atom. The normalized spacial score (nSPS) is 21.9. The summed E-state index contributed by atoms with van der Waals surface area (Å²) in [5.74, 6) is 1.29. The average molecular weight is 306 g/mol. The van der Waals surface area contributed by atoms with Crippen LogP contribution in [0.15, 0.2) is 6.07 Å². The highest BCUT2D eigenvalue weighted by atomic mass is 32.1. The van der Waals surface area contributed by atoms with Gasteiger partial charge in [0.25, 0.3) is 0 Å². The summed E-state index contributed by atoms with van der Waals surface area (Å²) < 4.78 is 5.98. The van der Waals surface area contributed by atoms with E-state index < -0.39 is 0 Å². The number of ether oxygens (including phenoxy) is 1. The van der Waals surface area contributed by atoms with E-state index in [2.05, 4.69) is 48.6 Å². The molecular formula is C15H22N4OS. The van der Waals surface area contributed by atoms with Crippen LogP contribution >= 0.6 is 11.3 Å². The summed E-state index contributed by atoms with van der Waals surface area (Å²) in [6.07, 6.45) is 1.18. The third-order valence-electron chi connectivity index (χ3n) is 3.66. The fourth-order valence-corrected chi connectivity index (χ4v) is 3.97. The van der Waals surface area contributed by atoms with E-state index in [9.17, 15) is 0 Å². The minimum absolute atomic E-state index is 0.171. The number of aryl methyl sites for hydroxylation is 1. The molecule has 2 aromatic heterocycles. The molecule has 5 nitrogen and oxygen atoms in total. The molecule has 0 aromatic carbocycles. The van der Waals surface area contributed by atoms with Crippen LogP contribution < -0.4 is 10.6 Å². The molecule has 0 amide bonds. The van der Waals surface area contributed by atoms with E-state index >= 15 is 0 Å². The zero-order valence-electron chi connectivity index (χ0n) is 13.0. The van der Waals surface area contributed by atoms with Crippen LogP contribution in [0.1, 0.15) is 32.6 Å². The Morgan fingerprint density at radius 2 is 2.24 bits per heavy atom. The molecule has 1 aliphatic rings. The number of anilines is 2. The van der Waals surface area contributed by atoms with E-state index in [1.807, 2.05) is 0 Å². The highest BCUT2D eigenvalue weighted by Gasteiger charge is 2.33. The molecule has 0 radical (unpaired) electrons. The van der Waals surface area contributed by atoms with Crippen LogP contribution in [0.2, 0.25) is 0 Å². The van der Waals surface area contributed by atoms with Gasteiger partial charge >= 0.3 is 0 Å². The van der Waals surface area contributed by atoms with Crippen LogP contribution in [0, 0.1) is 0 Å². The van der Waals surface area contributed by atoms with Crippen molar-refractivity contribution in [2.75, 3.05) is 23.7 Å². The number of nitrogens with zero attached hydrogens (tertiary/aromatic N) is 3. The smallest absolute Gasteiger partial charge is 0.223 e. The van der Waals surface area contributed by atoms with Crippen molar-refractivity contribution < 1.29 is 4.74 Å². The predicted molar refractivity (Wildman–Crippen MR) is 88.0 cm³/mol. The van der Waals surface area contributed by atoms with Crippen molar-refractivity contribution in [3.8, 4) is 0 Å². The molecule has 1 unspecified atom stereocenters. The largest absolute Gasteiger partial charge is 0.369 e. The highest BCUT2D eigenvalue weighted by molar-refractivity contribution is 7.18. The quantitative estimate of drug-likeness (QED) is 0.924. The number of rotatable bonds is 2. The van der Waals surface area contributed by atoms with E-state index in [0.717, 1.165) is 35.5 Å². The van der Waals surface area contributed by atoms with Gasteiger partial charge in [0.15, 0.2) is 0 Å². The number of fused-ring (bicyclic) bond motifs is 1. The van der Waals surface area contributed by atoms with Crippen LogP contribution in [0.3, 0.4) is 0 Å². The lowest BCUT2D eigenvalue weighted by Crippen LogP contribution is -2.52. The molecule has 0 aliphatic carbocycles. The summed E-state index contributed by atoms with van der Waals surface area (Å²) in [5.41, 5.74) is 5.72. The Labute approximate surface area is 129 Å². The first kappa shape index (κ1) is 14.5. The molecule has 1 atom stereocenters. The van der Waals surface area contributed by atoms with Crippen LogP contribution in [0.5, 0.6) is 0 Å². The Morgan fingerprint density at radius 3 is 2.90 bits per heavy atom. The third-order valence-corrected chi connectivity index (χ3v) is 4.83. The van der Waals surface area contributed by atoms with E-state index in [1.165, 1.54) is 4.88 Å². The Balaban J connectivity index is 2.08. The standard InChI is InChI=1S/C15H22N4OS/c1-5-10-6-11-12(17-14(16)18-13(11)21-10)19-7-9(2)20-15(3,4)8-19/h6,9H,5,7-8H2,1-4H3,(H2,16,17,18). The second-order valence-corrected chi connectivity index (χ2v) is 7.37. The lowest BCUT2D eigenvalue weighted by molar-refractivity contribution is -0.0750.